The van der Waals surface area contributed by atoms with E-state index in [4.69, 9.17) is 5.73 Å². The van der Waals surface area contributed by atoms with Gasteiger partial charge in [0.2, 0.25) is 0 Å². The third-order valence-electron chi connectivity index (χ3n) is 3.49. The number of nitrogens with zero attached hydrogens (tertiary/aromatic N) is 2. The molecule has 1 aromatic rings. The minimum Gasteiger partial charge on any atom is -0.337 e. The van der Waals surface area contributed by atoms with Crippen LogP contribution in [0.1, 0.15) is 22.3 Å². The molecule has 1 aromatic carbocycles. The van der Waals surface area contributed by atoms with Crippen LogP contribution < -0.4 is 5.73 Å². The summed E-state index contributed by atoms with van der Waals surface area (Å²) in [6.07, 6.45) is 1.01. The number of hydrogen-bond acceptors (Lipinski definition) is 3. The molecule has 1 fully saturated rings. The van der Waals surface area contributed by atoms with E-state index in [9.17, 15) is 4.79 Å². The standard InChI is InChI=1S/C16H21N3O/c1-18-10-5-11-19(13-12-18)16(20)15-8-3-2-6-14(15)7-4-9-17/h2-3,6,8H,5,9-13,17H2,1H3. The molecule has 1 amide bonds. The highest BCUT2D eigenvalue weighted by atomic mass is 16.2. The summed E-state index contributed by atoms with van der Waals surface area (Å²) < 4.78 is 0. The summed E-state index contributed by atoms with van der Waals surface area (Å²) in [7, 11) is 2.09. The molecule has 0 atom stereocenters. The molecule has 2 N–H and O–H groups in total. The lowest BCUT2D eigenvalue weighted by Gasteiger charge is -2.21. The number of amides is 1. The lowest BCUT2D eigenvalue weighted by Crippen LogP contribution is -2.34. The molecule has 0 saturated carbocycles. The molecule has 0 radical (unpaired) electrons. The Morgan fingerprint density at radius 1 is 1.25 bits per heavy atom. The van der Waals surface area contributed by atoms with E-state index >= 15 is 0 Å². The van der Waals surface area contributed by atoms with Gasteiger partial charge in [0.05, 0.1) is 12.1 Å². The van der Waals surface area contributed by atoms with Gasteiger partial charge in [0.1, 0.15) is 0 Å². The first-order chi connectivity index (χ1) is 9.72. The first kappa shape index (κ1) is 14.6. The van der Waals surface area contributed by atoms with Crippen LogP contribution in [0.25, 0.3) is 0 Å². The van der Waals surface area contributed by atoms with E-state index in [2.05, 4.69) is 23.8 Å². The van der Waals surface area contributed by atoms with Crippen LogP contribution in [-0.2, 0) is 0 Å². The second-order valence-corrected chi connectivity index (χ2v) is 5.00. The summed E-state index contributed by atoms with van der Waals surface area (Å²) in [4.78, 5) is 16.8. The third kappa shape index (κ3) is 3.60. The van der Waals surface area contributed by atoms with Crippen molar-refractivity contribution in [3.63, 3.8) is 0 Å². The molecular formula is C16H21N3O. The molecule has 1 heterocycles. The van der Waals surface area contributed by atoms with Crippen molar-refractivity contribution in [3.05, 3.63) is 35.4 Å². The summed E-state index contributed by atoms with van der Waals surface area (Å²) in [5, 5.41) is 0. The summed E-state index contributed by atoms with van der Waals surface area (Å²) >= 11 is 0. The molecular weight excluding hydrogens is 250 g/mol. The van der Waals surface area contributed by atoms with E-state index in [0.717, 1.165) is 38.2 Å². The smallest absolute Gasteiger partial charge is 0.255 e. The van der Waals surface area contributed by atoms with Crippen LogP contribution in [0.2, 0.25) is 0 Å². The molecule has 1 aliphatic heterocycles. The molecule has 1 aliphatic rings. The molecule has 2 rings (SSSR count). The lowest BCUT2D eigenvalue weighted by molar-refractivity contribution is 0.0762. The minimum absolute atomic E-state index is 0.0715. The fourth-order valence-corrected chi connectivity index (χ4v) is 2.34. The number of carbonyl (C=O) groups is 1. The van der Waals surface area contributed by atoms with Crippen molar-refractivity contribution < 1.29 is 4.79 Å². The molecule has 0 aromatic heterocycles. The fourth-order valence-electron chi connectivity index (χ4n) is 2.34. The maximum absolute atomic E-state index is 12.7. The number of nitrogens with two attached hydrogens (primary N) is 1. The van der Waals surface area contributed by atoms with Gasteiger partial charge in [0, 0.05) is 25.2 Å². The minimum atomic E-state index is 0.0715. The second kappa shape index (κ2) is 7.09. The number of rotatable bonds is 1. The number of benzene rings is 1. The van der Waals surface area contributed by atoms with Crippen LogP contribution in [0, 0.1) is 11.8 Å². The molecule has 0 aliphatic carbocycles. The average Bonchev–Trinajstić information content (AvgIpc) is 2.69. The topological polar surface area (TPSA) is 49.6 Å². The van der Waals surface area contributed by atoms with Crippen molar-refractivity contribution in [2.45, 2.75) is 6.42 Å². The Morgan fingerprint density at radius 2 is 2.05 bits per heavy atom. The zero-order chi connectivity index (χ0) is 14.4. The molecule has 0 unspecified atom stereocenters. The Kier molecular flexibility index (Phi) is 5.16. The van der Waals surface area contributed by atoms with E-state index in [1.165, 1.54) is 0 Å². The molecule has 0 bridgehead atoms. The first-order valence-electron chi connectivity index (χ1n) is 6.98. The number of likely N-dealkylation sites (N-methyl/N-ethyl adjacent to an activating group) is 1. The summed E-state index contributed by atoms with van der Waals surface area (Å²) in [5.41, 5.74) is 6.85. The van der Waals surface area contributed by atoms with Crippen molar-refractivity contribution in [1.82, 2.24) is 9.80 Å². The Hall–Kier alpha value is -1.83. The Morgan fingerprint density at radius 3 is 2.85 bits per heavy atom. The van der Waals surface area contributed by atoms with E-state index in [-0.39, 0.29) is 5.91 Å². The van der Waals surface area contributed by atoms with Gasteiger partial charge >= 0.3 is 0 Å². The Bertz CT molecular complexity index is 530. The van der Waals surface area contributed by atoms with E-state index in [1.807, 2.05) is 29.2 Å². The average molecular weight is 271 g/mol. The van der Waals surface area contributed by atoms with Gasteiger partial charge < -0.3 is 15.5 Å². The molecule has 20 heavy (non-hydrogen) atoms. The lowest BCUT2D eigenvalue weighted by atomic mass is 10.1. The van der Waals surface area contributed by atoms with Crippen LogP contribution in [0.15, 0.2) is 24.3 Å². The molecule has 0 spiro atoms. The van der Waals surface area contributed by atoms with Gasteiger partial charge in [-0.25, -0.2) is 0 Å². The van der Waals surface area contributed by atoms with Gasteiger partial charge in [-0.05, 0) is 32.1 Å². The normalized spacial score (nSPS) is 16.2. The van der Waals surface area contributed by atoms with Gasteiger partial charge in [-0.15, -0.1) is 0 Å². The second-order valence-electron chi connectivity index (χ2n) is 5.00. The van der Waals surface area contributed by atoms with Crippen molar-refractivity contribution in [3.8, 4) is 11.8 Å². The predicted molar refractivity (Wildman–Crippen MR) is 80.4 cm³/mol. The Balaban J connectivity index is 2.20. The first-order valence-corrected chi connectivity index (χ1v) is 6.98. The molecule has 4 heteroatoms. The Labute approximate surface area is 120 Å². The third-order valence-corrected chi connectivity index (χ3v) is 3.49. The van der Waals surface area contributed by atoms with Gasteiger partial charge in [-0.1, -0.05) is 24.0 Å². The van der Waals surface area contributed by atoms with E-state index in [1.54, 1.807) is 0 Å². The largest absolute Gasteiger partial charge is 0.337 e. The summed E-state index contributed by atoms with van der Waals surface area (Å²) in [6, 6.07) is 7.50. The monoisotopic (exact) mass is 271 g/mol. The maximum Gasteiger partial charge on any atom is 0.255 e. The highest BCUT2D eigenvalue weighted by Gasteiger charge is 2.20. The number of carbonyl (C=O) groups excluding carboxylic acids is 1. The van der Waals surface area contributed by atoms with Crippen LogP contribution in [0.3, 0.4) is 0 Å². The van der Waals surface area contributed by atoms with Crippen molar-refractivity contribution in [1.29, 1.82) is 0 Å². The quantitative estimate of drug-likeness (QED) is 0.768. The van der Waals surface area contributed by atoms with Crippen LogP contribution in [0.4, 0.5) is 0 Å². The zero-order valence-electron chi connectivity index (χ0n) is 11.9. The van der Waals surface area contributed by atoms with Crippen LogP contribution >= 0.6 is 0 Å². The van der Waals surface area contributed by atoms with Crippen LogP contribution in [0.5, 0.6) is 0 Å². The molecule has 4 nitrogen and oxygen atoms in total. The fraction of sp³-hybridized carbons (Fsp3) is 0.438. The van der Waals surface area contributed by atoms with Crippen molar-refractivity contribution >= 4 is 5.91 Å². The van der Waals surface area contributed by atoms with Crippen molar-refractivity contribution in [2.24, 2.45) is 5.73 Å². The van der Waals surface area contributed by atoms with E-state index in [0.29, 0.717) is 12.1 Å². The number of hydrogen-bond donors (Lipinski definition) is 1. The van der Waals surface area contributed by atoms with Gasteiger partial charge in [-0.3, -0.25) is 4.79 Å². The highest BCUT2D eigenvalue weighted by Crippen LogP contribution is 2.13. The van der Waals surface area contributed by atoms with E-state index < -0.39 is 0 Å². The summed E-state index contributed by atoms with van der Waals surface area (Å²) in [5.74, 6) is 5.88. The molecule has 1 saturated heterocycles. The SMILES string of the molecule is CN1CCCN(C(=O)c2ccccc2C#CCN)CC1. The van der Waals surface area contributed by atoms with Gasteiger partial charge in [-0.2, -0.15) is 0 Å². The van der Waals surface area contributed by atoms with Crippen molar-refractivity contribution in [2.75, 3.05) is 39.8 Å². The predicted octanol–water partition coefficient (Wildman–Crippen LogP) is 0.775. The maximum atomic E-state index is 12.7. The summed E-state index contributed by atoms with van der Waals surface area (Å²) in [6.45, 7) is 3.84. The zero-order valence-corrected chi connectivity index (χ0v) is 11.9. The molecule has 106 valence electrons. The highest BCUT2D eigenvalue weighted by molar-refractivity contribution is 5.96. The van der Waals surface area contributed by atoms with Crippen LogP contribution in [-0.4, -0.2) is 55.5 Å². The van der Waals surface area contributed by atoms with Gasteiger partial charge in [0.15, 0.2) is 0 Å². The van der Waals surface area contributed by atoms with Gasteiger partial charge in [0.25, 0.3) is 5.91 Å².